The fraction of sp³-hybridized carbons (Fsp3) is 0.545. The lowest BCUT2D eigenvalue weighted by Crippen LogP contribution is -2.39. The van der Waals surface area contributed by atoms with E-state index in [9.17, 15) is 4.39 Å². The first-order valence-electron chi connectivity index (χ1n) is 5.30. The molecule has 0 aliphatic carbocycles. The molecule has 0 amide bonds. The Balaban J connectivity index is 1.93. The average Bonchev–Trinajstić information content (AvgIpc) is 2.22. The van der Waals surface area contributed by atoms with Crippen LogP contribution in [0.3, 0.4) is 0 Å². The zero-order valence-corrected chi connectivity index (χ0v) is 8.91. The van der Waals surface area contributed by atoms with Crippen LogP contribution in [0.5, 0.6) is 0 Å². The summed E-state index contributed by atoms with van der Waals surface area (Å²) in [7, 11) is 2.12. The Hall–Kier alpha value is -1.16. The fourth-order valence-corrected chi connectivity index (χ4v) is 1.95. The topological polar surface area (TPSA) is 28.2 Å². The van der Waals surface area contributed by atoms with Gasteiger partial charge in [-0.05, 0) is 38.6 Å². The summed E-state index contributed by atoms with van der Waals surface area (Å²) in [6.45, 7) is 2.19. The maximum Gasteiger partial charge on any atom is 0.141 e. The number of hydrogen-bond acceptors (Lipinski definition) is 3. The van der Waals surface area contributed by atoms with E-state index in [2.05, 4.69) is 22.2 Å². The highest BCUT2D eigenvalue weighted by Gasteiger charge is 2.16. The Morgan fingerprint density at radius 2 is 2.40 bits per heavy atom. The van der Waals surface area contributed by atoms with Gasteiger partial charge in [0.2, 0.25) is 0 Å². The van der Waals surface area contributed by atoms with Crippen molar-refractivity contribution in [3.8, 4) is 0 Å². The Morgan fingerprint density at radius 1 is 1.53 bits per heavy atom. The number of rotatable bonds is 2. The predicted octanol–water partition coefficient (Wildman–Crippen LogP) is 1.73. The van der Waals surface area contributed by atoms with Crippen molar-refractivity contribution in [2.45, 2.75) is 18.9 Å². The molecule has 1 unspecified atom stereocenters. The van der Waals surface area contributed by atoms with Crippen molar-refractivity contribution < 1.29 is 4.39 Å². The molecule has 1 fully saturated rings. The lowest BCUT2D eigenvalue weighted by molar-refractivity contribution is 0.260. The molecule has 0 radical (unpaired) electrons. The number of nitrogens with one attached hydrogen (secondary N) is 1. The Bertz CT molecular complexity index is 312. The van der Waals surface area contributed by atoms with Gasteiger partial charge in [-0.1, -0.05) is 0 Å². The molecule has 0 bridgehead atoms. The molecule has 1 aromatic rings. The molecule has 0 aromatic carbocycles. The summed E-state index contributed by atoms with van der Waals surface area (Å²) in [4.78, 5) is 6.29. The zero-order valence-electron chi connectivity index (χ0n) is 8.91. The summed E-state index contributed by atoms with van der Waals surface area (Å²) in [5.41, 5.74) is 0. The summed E-state index contributed by atoms with van der Waals surface area (Å²) in [5, 5.41) is 3.32. The maximum absolute atomic E-state index is 12.6. The number of anilines is 1. The molecule has 2 heterocycles. The number of nitrogens with zero attached hydrogens (tertiary/aromatic N) is 2. The largest absolute Gasteiger partial charge is 0.366 e. The molecule has 82 valence electrons. The van der Waals surface area contributed by atoms with Crippen molar-refractivity contribution >= 4 is 5.82 Å². The van der Waals surface area contributed by atoms with Crippen LogP contribution in [0.2, 0.25) is 0 Å². The predicted molar refractivity (Wildman–Crippen MR) is 58.3 cm³/mol. The fourth-order valence-electron chi connectivity index (χ4n) is 1.95. The number of pyridine rings is 1. The Labute approximate surface area is 89.3 Å². The molecule has 15 heavy (non-hydrogen) atoms. The molecule has 4 heteroatoms. The van der Waals surface area contributed by atoms with Crippen molar-refractivity contribution in [1.82, 2.24) is 9.88 Å². The first-order chi connectivity index (χ1) is 7.24. The van der Waals surface area contributed by atoms with Crippen LogP contribution in [-0.4, -0.2) is 36.1 Å². The lowest BCUT2D eigenvalue weighted by atomic mass is 10.1. The second-order valence-corrected chi connectivity index (χ2v) is 4.11. The third-order valence-corrected chi connectivity index (χ3v) is 2.70. The van der Waals surface area contributed by atoms with Crippen LogP contribution in [0.1, 0.15) is 12.8 Å². The van der Waals surface area contributed by atoms with E-state index in [0.717, 1.165) is 25.3 Å². The summed E-state index contributed by atoms with van der Waals surface area (Å²) in [6, 6.07) is 3.55. The molecular formula is C11H16FN3. The van der Waals surface area contributed by atoms with Gasteiger partial charge in [0.1, 0.15) is 11.6 Å². The molecule has 2 rings (SSSR count). The highest BCUT2D eigenvalue weighted by atomic mass is 19.1. The van der Waals surface area contributed by atoms with E-state index in [1.807, 2.05) is 0 Å². The highest BCUT2D eigenvalue weighted by molar-refractivity contribution is 5.35. The summed E-state index contributed by atoms with van der Waals surface area (Å²) < 4.78 is 12.6. The van der Waals surface area contributed by atoms with Crippen LogP contribution in [0.4, 0.5) is 10.2 Å². The molecule has 3 nitrogen and oxygen atoms in total. The third-order valence-electron chi connectivity index (χ3n) is 2.70. The molecule has 1 saturated heterocycles. The summed E-state index contributed by atoms with van der Waals surface area (Å²) in [5.74, 6) is 0.470. The van der Waals surface area contributed by atoms with E-state index in [0.29, 0.717) is 6.04 Å². The van der Waals surface area contributed by atoms with Crippen LogP contribution in [-0.2, 0) is 0 Å². The van der Waals surface area contributed by atoms with Gasteiger partial charge < -0.3 is 10.2 Å². The van der Waals surface area contributed by atoms with Gasteiger partial charge >= 0.3 is 0 Å². The van der Waals surface area contributed by atoms with E-state index >= 15 is 0 Å². The van der Waals surface area contributed by atoms with E-state index in [1.165, 1.54) is 18.7 Å². The summed E-state index contributed by atoms with van der Waals surface area (Å²) >= 11 is 0. The van der Waals surface area contributed by atoms with Crippen LogP contribution in [0, 0.1) is 5.82 Å². The number of aromatic nitrogens is 1. The first kappa shape index (κ1) is 10.4. The van der Waals surface area contributed by atoms with Crippen molar-refractivity contribution in [3.63, 3.8) is 0 Å². The second kappa shape index (κ2) is 4.57. The van der Waals surface area contributed by atoms with Crippen molar-refractivity contribution in [1.29, 1.82) is 0 Å². The second-order valence-electron chi connectivity index (χ2n) is 4.11. The van der Waals surface area contributed by atoms with E-state index < -0.39 is 0 Å². The van der Waals surface area contributed by atoms with Crippen LogP contribution in [0.15, 0.2) is 18.3 Å². The Kier molecular flexibility index (Phi) is 3.16. The monoisotopic (exact) mass is 209 g/mol. The normalized spacial score (nSPS) is 22.7. The minimum absolute atomic E-state index is 0.290. The number of likely N-dealkylation sites (tertiary alicyclic amines) is 1. The number of piperidine rings is 1. The van der Waals surface area contributed by atoms with Gasteiger partial charge in [0.25, 0.3) is 0 Å². The van der Waals surface area contributed by atoms with Gasteiger partial charge in [0, 0.05) is 12.6 Å². The van der Waals surface area contributed by atoms with Gasteiger partial charge in [-0.2, -0.15) is 0 Å². The van der Waals surface area contributed by atoms with Crippen molar-refractivity contribution in [2.24, 2.45) is 0 Å². The molecule has 1 aliphatic heterocycles. The molecular weight excluding hydrogens is 193 g/mol. The minimum Gasteiger partial charge on any atom is -0.366 e. The molecule has 1 atom stereocenters. The average molecular weight is 209 g/mol. The smallest absolute Gasteiger partial charge is 0.141 e. The highest BCUT2D eigenvalue weighted by Crippen LogP contribution is 2.13. The molecule has 1 N–H and O–H groups in total. The van der Waals surface area contributed by atoms with E-state index in [1.54, 1.807) is 6.07 Å². The van der Waals surface area contributed by atoms with Gasteiger partial charge in [-0.15, -0.1) is 0 Å². The molecule has 1 aromatic heterocycles. The maximum atomic E-state index is 12.6. The van der Waals surface area contributed by atoms with Gasteiger partial charge in [0.15, 0.2) is 0 Å². The SMILES string of the molecule is CN1CCCC(Nc2ccc(F)cn2)C1. The molecule has 1 aliphatic rings. The number of halogens is 1. The first-order valence-corrected chi connectivity index (χ1v) is 5.30. The van der Waals surface area contributed by atoms with E-state index in [-0.39, 0.29) is 5.82 Å². The molecule has 0 saturated carbocycles. The number of hydrogen-bond donors (Lipinski definition) is 1. The van der Waals surface area contributed by atoms with Crippen molar-refractivity contribution in [2.75, 3.05) is 25.5 Å². The van der Waals surface area contributed by atoms with Crippen LogP contribution >= 0.6 is 0 Å². The van der Waals surface area contributed by atoms with Gasteiger partial charge in [0.05, 0.1) is 6.20 Å². The van der Waals surface area contributed by atoms with Crippen LogP contribution in [0.25, 0.3) is 0 Å². The van der Waals surface area contributed by atoms with Crippen molar-refractivity contribution in [3.05, 3.63) is 24.1 Å². The number of likely N-dealkylation sites (N-methyl/N-ethyl adjacent to an activating group) is 1. The standard InChI is InChI=1S/C11H16FN3/c1-15-6-2-3-10(8-15)14-11-5-4-9(12)7-13-11/h4-5,7,10H,2-3,6,8H2,1H3,(H,13,14). The van der Waals surface area contributed by atoms with Gasteiger partial charge in [-0.25, -0.2) is 9.37 Å². The van der Waals surface area contributed by atoms with Gasteiger partial charge in [-0.3, -0.25) is 0 Å². The minimum atomic E-state index is -0.290. The van der Waals surface area contributed by atoms with Crippen LogP contribution < -0.4 is 5.32 Å². The summed E-state index contributed by atoms with van der Waals surface area (Å²) in [6.07, 6.45) is 3.60. The van der Waals surface area contributed by atoms with E-state index in [4.69, 9.17) is 0 Å². The third kappa shape index (κ3) is 2.89. The molecule has 0 spiro atoms. The zero-order chi connectivity index (χ0) is 10.7. The lowest BCUT2D eigenvalue weighted by Gasteiger charge is -2.30. The Morgan fingerprint density at radius 3 is 3.07 bits per heavy atom. The quantitative estimate of drug-likeness (QED) is 0.804.